The summed E-state index contributed by atoms with van der Waals surface area (Å²) >= 11 is 0. The first kappa shape index (κ1) is 13.1. The molecule has 0 amide bonds. The Morgan fingerprint density at radius 1 is 1.31 bits per heavy atom. The molecular weight excluding hydrogens is 198 g/mol. The van der Waals surface area contributed by atoms with Crippen LogP contribution < -0.4 is 5.32 Å². The summed E-state index contributed by atoms with van der Waals surface area (Å²) in [4.78, 5) is 6.72. The van der Waals surface area contributed by atoms with Gasteiger partial charge in [0.1, 0.15) is 0 Å². The van der Waals surface area contributed by atoms with Gasteiger partial charge in [0.05, 0.1) is 5.69 Å². The molecule has 0 aromatic carbocycles. The first-order valence-electron chi connectivity index (χ1n) is 6.11. The highest BCUT2D eigenvalue weighted by Gasteiger charge is 2.06. The van der Waals surface area contributed by atoms with Crippen LogP contribution in [0.25, 0.3) is 0 Å². The van der Waals surface area contributed by atoms with Crippen LogP contribution in [0.4, 0.5) is 0 Å². The number of hydrogen-bond donors (Lipinski definition) is 1. The molecule has 3 heteroatoms. The molecule has 1 aromatic rings. The average Bonchev–Trinajstić information content (AvgIpc) is 2.34. The molecule has 1 unspecified atom stereocenters. The Morgan fingerprint density at radius 2 is 2.06 bits per heavy atom. The summed E-state index contributed by atoms with van der Waals surface area (Å²) in [5, 5.41) is 3.49. The molecule has 0 radical (unpaired) electrons. The second-order valence-electron chi connectivity index (χ2n) is 4.09. The van der Waals surface area contributed by atoms with Crippen LogP contribution in [0.3, 0.4) is 0 Å². The maximum atomic E-state index is 4.29. The van der Waals surface area contributed by atoms with Crippen molar-refractivity contribution in [2.45, 2.75) is 33.4 Å². The van der Waals surface area contributed by atoms with Crippen LogP contribution in [0.2, 0.25) is 0 Å². The van der Waals surface area contributed by atoms with Crippen molar-refractivity contribution < 1.29 is 0 Å². The number of rotatable bonds is 7. The van der Waals surface area contributed by atoms with E-state index < -0.39 is 0 Å². The van der Waals surface area contributed by atoms with Crippen molar-refractivity contribution in [1.29, 1.82) is 0 Å². The summed E-state index contributed by atoms with van der Waals surface area (Å²) in [5.74, 6) is 0. The van der Waals surface area contributed by atoms with E-state index in [2.05, 4.69) is 42.0 Å². The van der Waals surface area contributed by atoms with Gasteiger partial charge in [-0.15, -0.1) is 0 Å². The molecule has 1 heterocycles. The predicted octanol–water partition coefficient (Wildman–Crippen LogP) is 1.90. The van der Waals surface area contributed by atoms with Gasteiger partial charge in [0.2, 0.25) is 0 Å². The van der Waals surface area contributed by atoms with E-state index >= 15 is 0 Å². The zero-order valence-electron chi connectivity index (χ0n) is 10.6. The molecule has 1 atom stereocenters. The smallest absolute Gasteiger partial charge is 0.0541 e. The first-order chi connectivity index (χ1) is 7.76. The van der Waals surface area contributed by atoms with E-state index in [0.29, 0.717) is 6.04 Å². The molecule has 0 aliphatic rings. The van der Waals surface area contributed by atoms with Crippen LogP contribution in [-0.2, 0) is 6.54 Å². The molecule has 0 spiro atoms. The van der Waals surface area contributed by atoms with Crippen molar-refractivity contribution in [1.82, 2.24) is 15.2 Å². The van der Waals surface area contributed by atoms with E-state index in [0.717, 1.165) is 31.9 Å². The van der Waals surface area contributed by atoms with E-state index in [4.69, 9.17) is 0 Å². The number of nitrogens with zero attached hydrogens (tertiary/aromatic N) is 2. The quantitative estimate of drug-likeness (QED) is 0.762. The minimum absolute atomic E-state index is 0.502. The van der Waals surface area contributed by atoms with Gasteiger partial charge in [0.15, 0.2) is 0 Å². The molecule has 16 heavy (non-hydrogen) atoms. The van der Waals surface area contributed by atoms with Gasteiger partial charge in [0, 0.05) is 25.3 Å². The lowest BCUT2D eigenvalue weighted by atomic mass is 10.2. The van der Waals surface area contributed by atoms with Gasteiger partial charge >= 0.3 is 0 Å². The van der Waals surface area contributed by atoms with Crippen LogP contribution in [0.15, 0.2) is 24.4 Å². The third-order valence-electron chi connectivity index (χ3n) is 2.78. The Labute approximate surface area is 98.9 Å². The Morgan fingerprint density at radius 3 is 2.62 bits per heavy atom. The van der Waals surface area contributed by atoms with Crippen molar-refractivity contribution in [3.05, 3.63) is 30.1 Å². The molecule has 1 rings (SSSR count). The SMILES string of the molecule is CCN(CC)CC(C)NCc1ccccn1. The minimum Gasteiger partial charge on any atom is -0.307 e. The number of nitrogens with one attached hydrogen (secondary N) is 1. The third-order valence-corrected chi connectivity index (χ3v) is 2.78. The van der Waals surface area contributed by atoms with Gasteiger partial charge in [-0.3, -0.25) is 4.98 Å². The number of hydrogen-bond acceptors (Lipinski definition) is 3. The highest BCUT2D eigenvalue weighted by atomic mass is 15.1. The summed E-state index contributed by atoms with van der Waals surface area (Å²) < 4.78 is 0. The topological polar surface area (TPSA) is 28.2 Å². The molecule has 0 fully saturated rings. The van der Waals surface area contributed by atoms with E-state index in [1.54, 1.807) is 0 Å². The predicted molar refractivity (Wildman–Crippen MR) is 68.3 cm³/mol. The second kappa shape index (κ2) is 7.36. The standard InChI is InChI=1S/C13H23N3/c1-4-16(5-2)11-12(3)15-10-13-8-6-7-9-14-13/h6-9,12,15H,4-5,10-11H2,1-3H3. The fourth-order valence-electron chi connectivity index (χ4n) is 1.72. The van der Waals surface area contributed by atoms with Crippen LogP contribution in [0.1, 0.15) is 26.5 Å². The summed E-state index contributed by atoms with van der Waals surface area (Å²) in [7, 11) is 0. The van der Waals surface area contributed by atoms with Gasteiger partial charge in [-0.2, -0.15) is 0 Å². The van der Waals surface area contributed by atoms with Crippen molar-refractivity contribution >= 4 is 0 Å². The van der Waals surface area contributed by atoms with Gasteiger partial charge in [-0.25, -0.2) is 0 Å². The Hall–Kier alpha value is -0.930. The van der Waals surface area contributed by atoms with Crippen LogP contribution in [0.5, 0.6) is 0 Å². The first-order valence-corrected chi connectivity index (χ1v) is 6.11. The Bertz CT molecular complexity index is 270. The van der Waals surface area contributed by atoms with Crippen molar-refractivity contribution in [3.8, 4) is 0 Å². The second-order valence-corrected chi connectivity index (χ2v) is 4.09. The maximum absolute atomic E-state index is 4.29. The van der Waals surface area contributed by atoms with Crippen molar-refractivity contribution in [3.63, 3.8) is 0 Å². The molecule has 0 aliphatic heterocycles. The molecule has 1 N–H and O–H groups in total. The molecule has 90 valence electrons. The fourth-order valence-corrected chi connectivity index (χ4v) is 1.72. The van der Waals surface area contributed by atoms with E-state index in [1.807, 2.05) is 18.3 Å². The van der Waals surface area contributed by atoms with E-state index in [1.165, 1.54) is 0 Å². The summed E-state index contributed by atoms with van der Waals surface area (Å²) in [6.45, 7) is 10.8. The zero-order valence-corrected chi connectivity index (χ0v) is 10.6. The lowest BCUT2D eigenvalue weighted by molar-refractivity contribution is 0.270. The molecule has 0 aliphatic carbocycles. The summed E-state index contributed by atoms with van der Waals surface area (Å²) in [5.41, 5.74) is 1.11. The minimum atomic E-state index is 0.502. The summed E-state index contributed by atoms with van der Waals surface area (Å²) in [6, 6.07) is 6.53. The summed E-state index contributed by atoms with van der Waals surface area (Å²) in [6.07, 6.45) is 1.84. The average molecular weight is 221 g/mol. The van der Waals surface area contributed by atoms with Gasteiger partial charge in [-0.1, -0.05) is 19.9 Å². The maximum Gasteiger partial charge on any atom is 0.0541 e. The van der Waals surface area contributed by atoms with E-state index in [-0.39, 0.29) is 0 Å². The lowest BCUT2D eigenvalue weighted by Gasteiger charge is -2.23. The molecule has 0 saturated carbocycles. The number of pyridine rings is 1. The molecular formula is C13H23N3. The molecule has 0 saturated heterocycles. The monoisotopic (exact) mass is 221 g/mol. The Kier molecular flexibility index (Phi) is 6.04. The van der Waals surface area contributed by atoms with E-state index in [9.17, 15) is 0 Å². The molecule has 3 nitrogen and oxygen atoms in total. The largest absolute Gasteiger partial charge is 0.307 e. The van der Waals surface area contributed by atoms with Crippen LogP contribution >= 0.6 is 0 Å². The lowest BCUT2D eigenvalue weighted by Crippen LogP contribution is -2.38. The highest BCUT2D eigenvalue weighted by molar-refractivity contribution is 5.03. The van der Waals surface area contributed by atoms with Crippen LogP contribution in [-0.4, -0.2) is 35.6 Å². The normalized spacial score (nSPS) is 13.0. The highest BCUT2D eigenvalue weighted by Crippen LogP contribution is 1.96. The van der Waals surface area contributed by atoms with Gasteiger partial charge in [-0.05, 0) is 32.1 Å². The van der Waals surface area contributed by atoms with Crippen LogP contribution in [0, 0.1) is 0 Å². The van der Waals surface area contributed by atoms with Crippen molar-refractivity contribution in [2.24, 2.45) is 0 Å². The zero-order chi connectivity index (χ0) is 11.8. The Balaban J connectivity index is 2.27. The number of aromatic nitrogens is 1. The third kappa shape index (κ3) is 4.73. The molecule has 1 aromatic heterocycles. The van der Waals surface area contributed by atoms with Gasteiger partial charge in [0.25, 0.3) is 0 Å². The fraction of sp³-hybridized carbons (Fsp3) is 0.615. The van der Waals surface area contributed by atoms with Gasteiger partial charge < -0.3 is 10.2 Å². The van der Waals surface area contributed by atoms with Crippen molar-refractivity contribution in [2.75, 3.05) is 19.6 Å². The molecule has 0 bridgehead atoms. The number of likely N-dealkylation sites (N-methyl/N-ethyl adjacent to an activating group) is 1.